The molecule has 1 nitrogen and oxygen atoms in total. The molecule has 0 radical (unpaired) electrons. The van der Waals surface area contributed by atoms with Crippen molar-refractivity contribution in [3.8, 4) is 0 Å². The second-order valence-corrected chi connectivity index (χ2v) is 6.25. The summed E-state index contributed by atoms with van der Waals surface area (Å²) in [5, 5.41) is 0. The van der Waals surface area contributed by atoms with Crippen LogP contribution in [-0.2, 0) is 0 Å². The van der Waals surface area contributed by atoms with E-state index in [0.29, 0.717) is 0 Å². The zero-order chi connectivity index (χ0) is 13.7. The summed E-state index contributed by atoms with van der Waals surface area (Å²) in [6, 6.07) is 0.779. The minimum Gasteiger partial charge on any atom is -1.00 e. The molecule has 0 saturated carbocycles. The summed E-state index contributed by atoms with van der Waals surface area (Å²) in [7, 11) is 2.32. The Morgan fingerprint density at radius 2 is 1.05 bits per heavy atom. The van der Waals surface area contributed by atoms with Gasteiger partial charge in [0, 0.05) is 0 Å². The number of alkyl halides is 1. The van der Waals surface area contributed by atoms with Crippen molar-refractivity contribution in [2.75, 3.05) is 26.1 Å². The van der Waals surface area contributed by atoms with Crippen molar-refractivity contribution in [1.29, 1.82) is 0 Å². The molecule has 0 heterocycles. The highest BCUT2D eigenvalue weighted by molar-refractivity contribution is 6.16. The van der Waals surface area contributed by atoms with Gasteiger partial charge in [0.1, 0.15) is 0 Å². The smallest absolute Gasteiger partial charge is 0.154 e. The molecule has 0 fully saturated rings. The van der Waals surface area contributed by atoms with Crippen LogP contribution in [0.1, 0.15) is 78.1 Å². The zero-order valence-electron chi connectivity index (χ0n) is 13.4. The molecule has 0 saturated heterocycles. The van der Waals surface area contributed by atoms with Crippen LogP contribution in [0.25, 0.3) is 0 Å². The van der Waals surface area contributed by atoms with Gasteiger partial charge >= 0.3 is 0 Å². The van der Waals surface area contributed by atoms with E-state index in [-0.39, 0.29) is 24.0 Å². The molecule has 0 aliphatic heterocycles. The second-order valence-electron chi connectivity index (χ2n) is 6.01. The largest absolute Gasteiger partial charge is 1.00 e. The van der Waals surface area contributed by atoms with Crippen LogP contribution in [0, 0.1) is 0 Å². The molecular weight excluding hydrogens is 369 g/mol. The average Bonchev–Trinajstić information content (AvgIpc) is 2.39. The summed E-state index contributed by atoms with van der Waals surface area (Å²) in [6.07, 6.45) is 13.7. The third-order valence-electron chi connectivity index (χ3n) is 3.89. The van der Waals surface area contributed by atoms with Crippen LogP contribution in [0.4, 0.5) is 0 Å². The Hall–Kier alpha value is 0.980. The molecule has 0 bridgehead atoms. The van der Waals surface area contributed by atoms with Gasteiger partial charge in [0.25, 0.3) is 0 Å². The molecule has 0 spiro atoms. The molecular formula is C16H35ClIN. The van der Waals surface area contributed by atoms with E-state index < -0.39 is 0 Å². The Morgan fingerprint density at radius 3 is 1.47 bits per heavy atom. The van der Waals surface area contributed by atoms with Gasteiger partial charge in [0.2, 0.25) is 0 Å². The first-order valence-corrected chi connectivity index (χ1v) is 8.61. The number of quaternary nitrogens is 1. The normalized spacial score (nSPS) is 13.9. The summed E-state index contributed by atoms with van der Waals surface area (Å²) in [6.45, 7) is 7.07. The predicted octanol–water partition coefficient (Wildman–Crippen LogP) is 2.57. The molecule has 19 heavy (non-hydrogen) atoms. The van der Waals surface area contributed by atoms with Crippen LogP contribution in [0.2, 0.25) is 0 Å². The van der Waals surface area contributed by atoms with Gasteiger partial charge in [-0.05, 0) is 25.7 Å². The first kappa shape index (κ1) is 22.3. The van der Waals surface area contributed by atoms with Gasteiger partial charge in [-0.3, -0.25) is 0 Å². The monoisotopic (exact) mass is 403 g/mol. The first-order valence-electron chi connectivity index (χ1n) is 8.08. The Kier molecular flexibility index (Phi) is 18.0. The molecule has 0 amide bonds. The summed E-state index contributed by atoms with van der Waals surface area (Å²) < 4.78 is 1.07. The van der Waals surface area contributed by atoms with Gasteiger partial charge in [-0.25, -0.2) is 0 Å². The van der Waals surface area contributed by atoms with Crippen molar-refractivity contribution in [2.24, 2.45) is 0 Å². The van der Waals surface area contributed by atoms with Crippen LogP contribution in [0.15, 0.2) is 0 Å². The lowest BCUT2D eigenvalue weighted by atomic mass is 10.1. The van der Waals surface area contributed by atoms with E-state index in [4.69, 9.17) is 11.6 Å². The Bertz CT molecular complexity index is 178. The number of halogens is 2. The van der Waals surface area contributed by atoms with Crippen molar-refractivity contribution < 1.29 is 28.5 Å². The lowest BCUT2D eigenvalue weighted by molar-refractivity contribution is -0.899. The maximum Gasteiger partial charge on any atom is 0.154 e. The number of hydrogen-bond donors (Lipinski definition) is 0. The maximum absolute atomic E-state index is 6.16. The van der Waals surface area contributed by atoms with E-state index in [1.807, 2.05) is 0 Å². The van der Waals surface area contributed by atoms with Gasteiger partial charge in [-0.15, -0.1) is 0 Å². The van der Waals surface area contributed by atoms with Crippen LogP contribution >= 0.6 is 11.6 Å². The van der Waals surface area contributed by atoms with E-state index in [1.165, 1.54) is 77.3 Å². The summed E-state index contributed by atoms with van der Waals surface area (Å²) in [4.78, 5) is 0. The molecule has 0 aromatic heterocycles. The van der Waals surface area contributed by atoms with Crippen molar-refractivity contribution >= 4 is 11.6 Å². The standard InChI is InChI=1S/C16H35ClN.HI/c1-4-6-8-10-11-13-15-18(3,16-17)14-12-9-7-5-2;/h4-16H2,1-3H3;1H/q+1;/p-1. The molecule has 0 aromatic carbocycles. The van der Waals surface area contributed by atoms with Gasteiger partial charge in [-0.1, -0.05) is 64.0 Å². The first-order chi connectivity index (χ1) is 8.68. The third kappa shape index (κ3) is 13.7. The van der Waals surface area contributed by atoms with Crippen molar-refractivity contribution in [1.82, 2.24) is 0 Å². The Balaban J connectivity index is 0. The SMILES string of the molecule is CCCCCCCC[N+](C)(CCl)CCCCCC.[I-]. The minimum atomic E-state index is 0. The van der Waals surface area contributed by atoms with E-state index >= 15 is 0 Å². The predicted molar refractivity (Wildman–Crippen MR) is 84.2 cm³/mol. The van der Waals surface area contributed by atoms with Crippen LogP contribution in [-0.4, -0.2) is 30.6 Å². The number of unbranched alkanes of at least 4 members (excludes halogenated alkanes) is 8. The number of nitrogens with zero attached hydrogens (tertiary/aromatic N) is 1. The van der Waals surface area contributed by atoms with E-state index in [9.17, 15) is 0 Å². The Morgan fingerprint density at radius 1 is 0.684 bits per heavy atom. The summed E-state index contributed by atoms with van der Waals surface area (Å²) in [5.74, 6) is 0. The van der Waals surface area contributed by atoms with Crippen LogP contribution < -0.4 is 24.0 Å². The average molecular weight is 404 g/mol. The highest BCUT2D eigenvalue weighted by Gasteiger charge is 2.18. The summed E-state index contributed by atoms with van der Waals surface area (Å²) >= 11 is 6.16. The molecule has 0 aliphatic carbocycles. The Labute approximate surface area is 144 Å². The maximum atomic E-state index is 6.16. The number of hydrogen-bond acceptors (Lipinski definition) is 0. The molecule has 0 aromatic rings. The van der Waals surface area contributed by atoms with Gasteiger partial charge in [-0.2, -0.15) is 0 Å². The molecule has 0 aliphatic rings. The van der Waals surface area contributed by atoms with Gasteiger partial charge < -0.3 is 28.5 Å². The fourth-order valence-corrected chi connectivity index (χ4v) is 2.66. The highest BCUT2D eigenvalue weighted by atomic mass is 127. The molecule has 0 N–H and O–H groups in total. The zero-order valence-corrected chi connectivity index (χ0v) is 16.3. The molecule has 1 atom stereocenters. The van der Waals surface area contributed by atoms with Gasteiger partial charge in [0.05, 0.1) is 20.1 Å². The number of rotatable bonds is 13. The van der Waals surface area contributed by atoms with E-state index in [2.05, 4.69) is 20.9 Å². The third-order valence-corrected chi connectivity index (χ3v) is 4.47. The lowest BCUT2D eigenvalue weighted by Gasteiger charge is -2.32. The molecule has 0 rings (SSSR count). The van der Waals surface area contributed by atoms with E-state index in [1.54, 1.807) is 0 Å². The van der Waals surface area contributed by atoms with E-state index in [0.717, 1.165) is 10.5 Å². The fraction of sp³-hybridized carbons (Fsp3) is 1.00. The quantitative estimate of drug-likeness (QED) is 0.146. The van der Waals surface area contributed by atoms with Crippen molar-refractivity contribution in [2.45, 2.75) is 78.1 Å². The summed E-state index contributed by atoms with van der Waals surface area (Å²) in [5.41, 5.74) is 0. The highest BCUT2D eigenvalue weighted by Crippen LogP contribution is 2.13. The molecule has 1 unspecified atom stereocenters. The fourth-order valence-electron chi connectivity index (χ4n) is 2.43. The van der Waals surface area contributed by atoms with Crippen LogP contribution in [0.5, 0.6) is 0 Å². The second kappa shape index (κ2) is 15.4. The topological polar surface area (TPSA) is 0 Å². The minimum absolute atomic E-state index is 0. The molecule has 118 valence electrons. The van der Waals surface area contributed by atoms with Crippen molar-refractivity contribution in [3.05, 3.63) is 0 Å². The lowest BCUT2D eigenvalue weighted by Crippen LogP contribution is -3.00. The molecule has 3 heteroatoms. The van der Waals surface area contributed by atoms with Crippen molar-refractivity contribution in [3.63, 3.8) is 0 Å². The van der Waals surface area contributed by atoms with Crippen LogP contribution in [0.3, 0.4) is 0 Å². The van der Waals surface area contributed by atoms with Gasteiger partial charge in [0.15, 0.2) is 6.00 Å².